The second-order valence-electron chi connectivity index (χ2n) is 6.19. The van der Waals surface area contributed by atoms with E-state index in [1.807, 2.05) is 30.3 Å². The third kappa shape index (κ3) is 3.75. The fourth-order valence-electron chi connectivity index (χ4n) is 3.01. The average molecular weight is 358 g/mol. The van der Waals surface area contributed by atoms with Crippen molar-refractivity contribution in [3.63, 3.8) is 0 Å². The standard InChI is InChI=1S/C19H22N2O3S/c1-20(17-10-4-2-5-11-17)19(22)16-9-8-12-18(15-16)25(23,24)21-13-6-3-7-14-21/h2,4-5,8-12,15H,3,6-7,13-14H2,1H3. The molecule has 0 aromatic heterocycles. The Balaban J connectivity index is 1.87. The van der Waals surface area contributed by atoms with Crippen LogP contribution in [-0.2, 0) is 10.0 Å². The molecule has 0 N–H and O–H groups in total. The summed E-state index contributed by atoms with van der Waals surface area (Å²) < 4.78 is 27.1. The highest BCUT2D eigenvalue weighted by Crippen LogP contribution is 2.22. The average Bonchev–Trinajstić information content (AvgIpc) is 2.68. The van der Waals surface area contributed by atoms with Crippen LogP contribution in [0.25, 0.3) is 0 Å². The first-order valence-corrected chi connectivity index (χ1v) is 9.87. The molecule has 6 heteroatoms. The molecule has 1 saturated heterocycles. The molecule has 3 rings (SSSR count). The van der Waals surface area contributed by atoms with E-state index in [1.165, 1.54) is 15.3 Å². The monoisotopic (exact) mass is 358 g/mol. The minimum absolute atomic E-state index is 0.182. The van der Waals surface area contributed by atoms with E-state index in [9.17, 15) is 13.2 Å². The first kappa shape index (κ1) is 17.6. The molecule has 1 aliphatic heterocycles. The molecule has 2 aromatic rings. The molecule has 5 nitrogen and oxygen atoms in total. The number of hydrogen-bond donors (Lipinski definition) is 0. The number of rotatable bonds is 4. The number of carbonyl (C=O) groups is 1. The van der Waals surface area contributed by atoms with Crippen molar-refractivity contribution in [2.45, 2.75) is 24.2 Å². The van der Waals surface area contributed by atoms with E-state index < -0.39 is 10.0 Å². The summed E-state index contributed by atoms with van der Waals surface area (Å²) >= 11 is 0. The fraction of sp³-hybridized carbons (Fsp3) is 0.316. The van der Waals surface area contributed by atoms with Crippen molar-refractivity contribution in [1.82, 2.24) is 4.31 Å². The van der Waals surface area contributed by atoms with Gasteiger partial charge in [0.05, 0.1) is 4.90 Å². The molecule has 25 heavy (non-hydrogen) atoms. The van der Waals surface area contributed by atoms with E-state index in [-0.39, 0.29) is 10.8 Å². The highest BCUT2D eigenvalue weighted by Gasteiger charge is 2.26. The van der Waals surface area contributed by atoms with Crippen LogP contribution < -0.4 is 4.90 Å². The van der Waals surface area contributed by atoms with Crippen molar-refractivity contribution >= 4 is 21.6 Å². The summed E-state index contributed by atoms with van der Waals surface area (Å²) in [5.74, 6) is -0.234. The Morgan fingerprint density at radius 3 is 2.32 bits per heavy atom. The Morgan fingerprint density at radius 2 is 1.64 bits per heavy atom. The lowest BCUT2D eigenvalue weighted by Crippen LogP contribution is -2.35. The molecule has 1 aliphatic rings. The van der Waals surface area contributed by atoms with Crippen LogP contribution in [0, 0.1) is 0 Å². The van der Waals surface area contributed by atoms with E-state index in [2.05, 4.69) is 0 Å². The van der Waals surface area contributed by atoms with Gasteiger partial charge in [-0.1, -0.05) is 30.7 Å². The molecule has 2 aromatic carbocycles. The van der Waals surface area contributed by atoms with Crippen LogP contribution in [0.1, 0.15) is 29.6 Å². The normalized spacial score (nSPS) is 15.7. The minimum atomic E-state index is -3.55. The number of amides is 1. The van der Waals surface area contributed by atoms with Crippen LogP contribution >= 0.6 is 0 Å². The van der Waals surface area contributed by atoms with Gasteiger partial charge in [-0.2, -0.15) is 4.31 Å². The number of anilines is 1. The quantitative estimate of drug-likeness (QED) is 0.844. The predicted molar refractivity (Wildman–Crippen MR) is 98.2 cm³/mol. The molecular weight excluding hydrogens is 336 g/mol. The highest BCUT2D eigenvalue weighted by molar-refractivity contribution is 7.89. The number of nitrogens with zero attached hydrogens (tertiary/aromatic N) is 2. The molecular formula is C19H22N2O3S. The summed E-state index contributed by atoms with van der Waals surface area (Å²) in [7, 11) is -1.86. The summed E-state index contributed by atoms with van der Waals surface area (Å²) in [5.41, 5.74) is 1.13. The van der Waals surface area contributed by atoms with Crippen molar-refractivity contribution in [3.8, 4) is 0 Å². The summed E-state index contributed by atoms with van der Waals surface area (Å²) in [6.07, 6.45) is 2.83. The van der Waals surface area contributed by atoms with Gasteiger partial charge in [-0.3, -0.25) is 4.79 Å². The van der Waals surface area contributed by atoms with Gasteiger partial charge >= 0.3 is 0 Å². The van der Waals surface area contributed by atoms with Gasteiger partial charge in [-0.05, 0) is 43.2 Å². The molecule has 0 spiro atoms. The van der Waals surface area contributed by atoms with Gasteiger partial charge in [0, 0.05) is 31.4 Å². The number of carbonyl (C=O) groups excluding carboxylic acids is 1. The smallest absolute Gasteiger partial charge is 0.258 e. The fourth-order valence-corrected chi connectivity index (χ4v) is 4.57. The molecule has 1 heterocycles. The molecule has 0 aliphatic carbocycles. The molecule has 0 radical (unpaired) electrons. The molecule has 1 amide bonds. The van der Waals surface area contributed by atoms with Gasteiger partial charge in [-0.25, -0.2) is 8.42 Å². The first-order chi connectivity index (χ1) is 12.0. The van der Waals surface area contributed by atoms with Crippen molar-refractivity contribution in [1.29, 1.82) is 0 Å². The SMILES string of the molecule is CN(C(=O)c1cccc(S(=O)(=O)N2CCCCC2)c1)c1ccccc1. The van der Waals surface area contributed by atoms with Gasteiger partial charge in [0.1, 0.15) is 0 Å². The van der Waals surface area contributed by atoms with E-state index in [1.54, 1.807) is 25.2 Å². The number of sulfonamides is 1. The Bertz CT molecular complexity index is 844. The lowest BCUT2D eigenvalue weighted by molar-refractivity contribution is 0.0993. The van der Waals surface area contributed by atoms with Crippen LogP contribution in [0.5, 0.6) is 0 Å². The Kier molecular flexibility index (Phi) is 5.20. The zero-order valence-corrected chi connectivity index (χ0v) is 15.1. The molecule has 0 unspecified atom stereocenters. The van der Waals surface area contributed by atoms with Gasteiger partial charge in [-0.15, -0.1) is 0 Å². The predicted octanol–water partition coefficient (Wildman–Crippen LogP) is 3.14. The topological polar surface area (TPSA) is 57.7 Å². The van der Waals surface area contributed by atoms with Crippen LogP contribution in [0.4, 0.5) is 5.69 Å². The van der Waals surface area contributed by atoms with E-state index in [4.69, 9.17) is 0 Å². The maximum absolute atomic E-state index is 12.8. The number of benzene rings is 2. The van der Waals surface area contributed by atoms with Crippen molar-refractivity contribution < 1.29 is 13.2 Å². The van der Waals surface area contributed by atoms with E-state index >= 15 is 0 Å². The molecule has 132 valence electrons. The van der Waals surface area contributed by atoms with Crippen LogP contribution in [0.15, 0.2) is 59.5 Å². The van der Waals surface area contributed by atoms with Gasteiger partial charge < -0.3 is 4.90 Å². The lowest BCUT2D eigenvalue weighted by Gasteiger charge is -2.26. The minimum Gasteiger partial charge on any atom is -0.311 e. The number of para-hydroxylation sites is 1. The van der Waals surface area contributed by atoms with Crippen molar-refractivity contribution in [2.24, 2.45) is 0 Å². The number of piperidine rings is 1. The summed E-state index contributed by atoms with van der Waals surface area (Å²) in [6, 6.07) is 15.6. The van der Waals surface area contributed by atoms with Crippen molar-refractivity contribution in [2.75, 3.05) is 25.0 Å². The maximum Gasteiger partial charge on any atom is 0.258 e. The Labute approximate surface area is 148 Å². The number of hydrogen-bond acceptors (Lipinski definition) is 3. The van der Waals surface area contributed by atoms with Crippen molar-refractivity contribution in [3.05, 3.63) is 60.2 Å². The molecule has 0 bridgehead atoms. The van der Waals surface area contributed by atoms with Gasteiger partial charge in [0.15, 0.2) is 0 Å². The lowest BCUT2D eigenvalue weighted by atomic mass is 10.2. The van der Waals surface area contributed by atoms with Gasteiger partial charge in [0.25, 0.3) is 5.91 Å². The maximum atomic E-state index is 12.8. The summed E-state index contributed by atoms with van der Waals surface area (Å²) in [5, 5.41) is 0. The summed E-state index contributed by atoms with van der Waals surface area (Å²) in [4.78, 5) is 14.4. The highest BCUT2D eigenvalue weighted by atomic mass is 32.2. The first-order valence-electron chi connectivity index (χ1n) is 8.43. The van der Waals surface area contributed by atoms with E-state index in [0.29, 0.717) is 18.7 Å². The second-order valence-corrected chi connectivity index (χ2v) is 8.13. The largest absolute Gasteiger partial charge is 0.311 e. The third-order valence-electron chi connectivity index (χ3n) is 4.48. The van der Waals surface area contributed by atoms with Gasteiger partial charge in [0.2, 0.25) is 10.0 Å². The molecule has 0 saturated carbocycles. The zero-order chi connectivity index (χ0) is 17.9. The molecule has 1 fully saturated rings. The Morgan fingerprint density at radius 1 is 0.960 bits per heavy atom. The molecule has 0 atom stereocenters. The Hall–Kier alpha value is -2.18. The third-order valence-corrected chi connectivity index (χ3v) is 6.38. The summed E-state index contributed by atoms with van der Waals surface area (Å²) in [6.45, 7) is 1.09. The van der Waals surface area contributed by atoms with Crippen LogP contribution in [-0.4, -0.2) is 38.8 Å². The van der Waals surface area contributed by atoms with E-state index in [0.717, 1.165) is 24.9 Å². The van der Waals surface area contributed by atoms with Crippen LogP contribution in [0.3, 0.4) is 0 Å². The second kappa shape index (κ2) is 7.37. The zero-order valence-electron chi connectivity index (χ0n) is 14.3. The van der Waals surface area contributed by atoms with Crippen LogP contribution in [0.2, 0.25) is 0 Å².